The van der Waals surface area contributed by atoms with E-state index in [0.29, 0.717) is 0 Å². The van der Waals surface area contributed by atoms with Gasteiger partial charge in [-0.25, -0.2) is 0 Å². The van der Waals surface area contributed by atoms with Gasteiger partial charge < -0.3 is 4.90 Å². The van der Waals surface area contributed by atoms with E-state index < -0.39 is 8.25 Å². The molecule has 0 spiro atoms. The van der Waals surface area contributed by atoms with Crippen molar-refractivity contribution in [2.24, 2.45) is 0 Å². The van der Waals surface area contributed by atoms with Crippen LogP contribution in [0.3, 0.4) is 0 Å². The van der Waals surface area contributed by atoms with Gasteiger partial charge >= 0.3 is 37.8 Å². The summed E-state index contributed by atoms with van der Waals surface area (Å²) >= 11 is 0. The smallest absolute Gasteiger partial charge is 0.453 e. The van der Waals surface area contributed by atoms with Crippen LogP contribution in [0, 0.1) is 7.05 Å². The maximum atomic E-state index is 8.70. The largest absolute Gasteiger partial charge is 1.00 e. The summed E-state index contributed by atoms with van der Waals surface area (Å²) in [5, 5.41) is 0. The van der Waals surface area contributed by atoms with E-state index in [-0.39, 0.29) is 29.6 Å². The Kier molecular flexibility index (Phi) is 22.0. The van der Waals surface area contributed by atoms with Gasteiger partial charge in [0.2, 0.25) is 0 Å². The Morgan fingerprint density at radius 2 is 1.54 bits per heavy atom. The SMILES string of the molecule is C=CCN([CH2-])CC=C.O=[P+](O)O.[Na+]. The summed E-state index contributed by atoms with van der Waals surface area (Å²) in [7, 11) is 0.838. The van der Waals surface area contributed by atoms with Gasteiger partial charge in [-0.2, -0.15) is 0 Å². The summed E-state index contributed by atoms with van der Waals surface area (Å²) in [5.41, 5.74) is 0. The van der Waals surface area contributed by atoms with Gasteiger partial charge in [0, 0.05) is 4.57 Å². The first kappa shape index (κ1) is 19.1. The molecule has 6 heteroatoms. The van der Waals surface area contributed by atoms with Crippen LogP contribution in [-0.2, 0) is 4.57 Å². The predicted molar refractivity (Wildman–Crippen MR) is 49.4 cm³/mol. The zero-order valence-corrected chi connectivity index (χ0v) is 10.8. The molecule has 0 saturated carbocycles. The Hall–Kier alpha value is 0.460. The van der Waals surface area contributed by atoms with Gasteiger partial charge in [-0.05, 0) is 13.1 Å². The molecule has 0 atom stereocenters. The molecule has 2 N–H and O–H groups in total. The molecule has 0 fully saturated rings. The second-order valence-electron chi connectivity index (χ2n) is 1.87. The minimum absolute atomic E-state index is 0. The first-order valence-electron chi connectivity index (χ1n) is 3.16. The van der Waals surface area contributed by atoms with Gasteiger partial charge in [-0.15, -0.1) is 22.9 Å². The molecule has 0 unspecified atom stereocenters. The van der Waals surface area contributed by atoms with E-state index in [1.54, 1.807) is 0 Å². The molecule has 0 aromatic carbocycles. The number of nitrogens with zero attached hydrogens (tertiary/aromatic N) is 1. The average Bonchev–Trinajstić information content (AvgIpc) is 1.87. The van der Waals surface area contributed by atoms with Crippen molar-refractivity contribution in [2.45, 2.75) is 0 Å². The molecule has 4 nitrogen and oxygen atoms in total. The molecule has 0 aliphatic heterocycles. The van der Waals surface area contributed by atoms with Crippen LogP contribution in [0.4, 0.5) is 0 Å². The van der Waals surface area contributed by atoms with Crippen molar-refractivity contribution >= 4 is 8.25 Å². The van der Waals surface area contributed by atoms with Crippen molar-refractivity contribution in [3.05, 3.63) is 32.4 Å². The van der Waals surface area contributed by atoms with Gasteiger partial charge in [0.15, 0.2) is 0 Å². The van der Waals surface area contributed by atoms with Gasteiger partial charge in [-0.1, -0.05) is 12.2 Å². The Labute approximate surface area is 102 Å². The van der Waals surface area contributed by atoms with E-state index in [4.69, 9.17) is 14.4 Å². The predicted octanol–water partition coefficient (Wildman–Crippen LogP) is -1.92. The third-order valence-corrected chi connectivity index (χ3v) is 0.775. The molecule has 0 amide bonds. The van der Waals surface area contributed by atoms with Crippen LogP contribution >= 0.6 is 8.25 Å². The van der Waals surface area contributed by atoms with Gasteiger partial charge in [0.25, 0.3) is 0 Å². The van der Waals surface area contributed by atoms with Crippen LogP contribution in [0.1, 0.15) is 0 Å². The minimum Gasteiger partial charge on any atom is -0.453 e. The molecule has 0 saturated heterocycles. The fourth-order valence-corrected chi connectivity index (χ4v) is 0.440. The molecule has 70 valence electrons. The molecule has 0 aromatic rings. The second-order valence-corrected chi connectivity index (χ2v) is 2.37. The standard InChI is InChI=1S/C7H12N.Na.HO3P/c1-4-6-8(3)7-5-2;;1-4(2)3/h4-5H,1-3,6-7H2;;(H-,1,2,3)/q-1;+1;/p+1. The Morgan fingerprint density at radius 1 is 1.31 bits per heavy atom. The first-order chi connectivity index (χ1) is 5.54. The van der Waals surface area contributed by atoms with Crippen LogP contribution in [0.15, 0.2) is 25.3 Å². The van der Waals surface area contributed by atoms with Crippen molar-refractivity contribution in [1.82, 2.24) is 4.90 Å². The molecular formula is C7H14NNaO3P+. The van der Waals surface area contributed by atoms with Crippen LogP contribution < -0.4 is 29.6 Å². The molecule has 0 aliphatic carbocycles. The molecular weight excluding hydrogens is 200 g/mol. The van der Waals surface area contributed by atoms with Crippen molar-refractivity contribution in [1.29, 1.82) is 0 Å². The second kappa shape index (κ2) is 15.0. The normalized spacial score (nSPS) is 7.69. The van der Waals surface area contributed by atoms with Crippen LogP contribution in [-0.4, -0.2) is 27.8 Å². The van der Waals surface area contributed by atoms with Crippen molar-refractivity contribution in [3.8, 4) is 0 Å². The fraction of sp³-hybridized carbons (Fsp3) is 0.286. The minimum atomic E-state index is -2.87. The Bertz CT molecular complexity index is 141. The zero-order chi connectivity index (χ0) is 9.98. The molecule has 0 radical (unpaired) electrons. The summed E-state index contributed by atoms with van der Waals surface area (Å²) in [4.78, 5) is 16.1. The zero-order valence-electron chi connectivity index (χ0n) is 7.89. The fourth-order valence-electron chi connectivity index (χ4n) is 0.440. The topological polar surface area (TPSA) is 60.8 Å². The molecule has 13 heavy (non-hydrogen) atoms. The van der Waals surface area contributed by atoms with E-state index in [0.717, 1.165) is 13.1 Å². The van der Waals surface area contributed by atoms with Crippen molar-refractivity contribution in [2.75, 3.05) is 13.1 Å². The van der Waals surface area contributed by atoms with Crippen LogP contribution in [0.5, 0.6) is 0 Å². The molecule has 0 aromatic heterocycles. The molecule has 0 heterocycles. The van der Waals surface area contributed by atoms with Crippen molar-refractivity contribution in [3.63, 3.8) is 0 Å². The maximum Gasteiger partial charge on any atom is 1.00 e. The molecule has 0 bridgehead atoms. The van der Waals surface area contributed by atoms with E-state index in [2.05, 4.69) is 20.2 Å². The maximum absolute atomic E-state index is 8.70. The molecule has 0 aliphatic rings. The van der Waals surface area contributed by atoms with Crippen LogP contribution in [0.25, 0.3) is 0 Å². The quantitative estimate of drug-likeness (QED) is 0.248. The van der Waals surface area contributed by atoms with E-state index >= 15 is 0 Å². The third-order valence-electron chi connectivity index (χ3n) is 0.775. The Morgan fingerprint density at radius 3 is 1.69 bits per heavy atom. The van der Waals surface area contributed by atoms with Crippen molar-refractivity contribution < 1.29 is 43.9 Å². The van der Waals surface area contributed by atoms with E-state index in [1.165, 1.54) is 0 Å². The van der Waals surface area contributed by atoms with Gasteiger partial charge in [0.05, 0.1) is 0 Å². The van der Waals surface area contributed by atoms with Crippen LogP contribution in [0.2, 0.25) is 0 Å². The van der Waals surface area contributed by atoms with Gasteiger partial charge in [0.1, 0.15) is 0 Å². The first-order valence-corrected chi connectivity index (χ1v) is 4.33. The summed E-state index contributed by atoms with van der Waals surface area (Å²) in [5.74, 6) is 0. The Balaban J connectivity index is -0.000000173. The van der Waals surface area contributed by atoms with Gasteiger partial charge in [-0.3, -0.25) is 7.05 Å². The van der Waals surface area contributed by atoms with E-state index in [1.807, 2.05) is 17.1 Å². The number of rotatable bonds is 4. The molecule has 0 rings (SSSR count). The average molecular weight is 214 g/mol. The summed E-state index contributed by atoms with van der Waals surface area (Å²) < 4.78 is 8.70. The van der Waals surface area contributed by atoms with E-state index in [9.17, 15) is 0 Å². The number of hydrogen-bond acceptors (Lipinski definition) is 2. The summed E-state index contributed by atoms with van der Waals surface area (Å²) in [6.07, 6.45) is 3.63. The summed E-state index contributed by atoms with van der Waals surface area (Å²) in [6, 6.07) is 0. The summed E-state index contributed by atoms with van der Waals surface area (Å²) in [6.45, 7) is 8.78. The third kappa shape index (κ3) is 32.7. The number of hydrogen-bond donors (Lipinski definition) is 2. The monoisotopic (exact) mass is 214 g/mol.